The largest absolute Gasteiger partial charge is 0.370 e. The highest BCUT2D eigenvalue weighted by atomic mass is 16.6. The quantitative estimate of drug-likeness (QED) is 0.561. The molecule has 64 valence electrons. The van der Waals surface area contributed by atoms with E-state index in [0.717, 1.165) is 13.2 Å². The van der Waals surface area contributed by atoms with Crippen molar-refractivity contribution >= 4 is 0 Å². The molecule has 2 aliphatic heterocycles. The van der Waals surface area contributed by atoms with Crippen LogP contribution in [-0.2, 0) is 14.2 Å². The molecule has 3 heteroatoms. The van der Waals surface area contributed by atoms with Gasteiger partial charge in [-0.2, -0.15) is 0 Å². The topological polar surface area (TPSA) is 34.3 Å². The van der Waals surface area contributed by atoms with Crippen LogP contribution in [0.2, 0.25) is 0 Å². The molecular weight excluding hydrogens is 144 g/mol. The minimum Gasteiger partial charge on any atom is -0.370 e. The van der Waals surface area contributed by atoms with Gasteiger partial charge in [-0.25, -0.2) is 0 Å². The van der Waals surface area contributed by atoms with E-state index in [-0.39, 0.29) is 12.2 Å². The molecule has 2 rings (SSSR count). The molecule has 0 radical (unpaired) electrons. The Balaban J connectivity index is 1.69. The Kier molecular flexibility index (Phi) is 1.87. The Morgan fingerprint density at radius 2 is 1.45 bits per heavy atom. The second kappa shape index (κ2) is 2.73. The summed E-state index contributed by atoms with van der Waals surface area (Å²) in [4.78, 5) is 0. The van der Waals surface area contributed by atoms with Crippen LogP contribution >= 0.6 is 0 Å². The summed E-state index contributed by atoms with van der Waals surface area (Å²) in [6, 6.07) is 0. The van der Waals surface area contributed by atoms with Crippen LogP contribution in [-0.4, -0.2) is 37.6 Å². The maximum absolute atomic E-state index is 5.65. The molecule has 0 saturated carbocycles. The lowest BCUT2D eigenvalue weighted by atomic mass is 10.2. The van der Waals surface area contributed by atoms with E-state index < -0.39 is 0 Å². The second-order valence-electron chi connectivity index (χ2n) is 3.29. The van der Waals surface area contributed by atoms with Crippen molar-refractivity contribution in [1.29, 1.82) is 0 Å². The zero-order chi connectivity index (χ0) is 7.84. The van der Waals surface area contributed by atoms with E-state index in [1.165, 1.54) is 0 Å². The van der Waals surface area contributed by atoms with E-state index in [1.807, 2.05) is 0 Å². The number of hydrogen-bond acceptors (Lipinski definition) is 3. The fraction of sp³-hybridized carbons (Fsp3) is 1.00. The van der Waals surface area contributed by atoms with E-state index >= 15 is 0 Å². The van der Waals surface area contributed by atoms with E-state index in [9.17, 15) is 0 Å². The summed E-state index contributed by atoms with van der Waals surface area (Å²) in [5.41, 5.74) is 0. The van der Waals surface area contributed by atoms with Crippen LogP contribution in [0, 0.1) is 0 Å². The maximum atomic E-state index is 5.65. The second-order valence-corrected chi connectivity index (χ2v) is 3.29. The third-order valence-electron chi connectivity index (χ3n) is 2.19. The summed E-state index contributed by atoms with van der Waals surface area (Å²) >= 11 is 0. The average molecular weight is 158 g/mol. The molecule has 0 aromatic rings. The molecule has 2 fully saturated rings. The Hall–Kier alpha value is -0.120. The molecule has 2 aliphatic rings. The number of rotatable bonds is 4. The minimum absolute atomic E-state index is 0.231. The van der Waals surface area contributed by atoms with Gasteiger partial charge in [-0.05, 0) is 13.8 Å². The molecule has 3 nitrogen and oxygen atoms in total. The predicted octanol–water partition coefficient (Wildman–Crippen LogP) is 0.578. The molecule has 0 N–H and O–H groups in total. The fourth-order valence-electron chi connectivity index (χ4n) is 1.17. The zero-order valence-corrected chi connectivity index (χ0v) is 6.95. The first-order valence-electron chi connectivity index (χ1n) is 4.16. The van der Waals surface area contributed by atoms with E-state index in [2.05, 4.69) is 13.8 Å². The summed E-state index contributed by atoms with van der Waals surface area (Å²) < 4.78 is 15.9. The van der Waals surface area contributed by atoms with Crippen LogP contribution in [0.4, 0.5) is 0 Å². The Morgan fingerprint density at radius 1 is 1.09 bits per heavy atom. The fourth-order valence-corrected chi connectivity index (χ4v) is 1.17. The first-order valence-corrected chi connectivity index (χ1v) is 4.16. The summed E-state index contributed by atoms with van der Waals surface area (Å²) in [6.07, 6.45) is 1.15. The normalized spacial score (nSPS) is 39.8. The summed E-state index contributed by atoms with van der Waals surface area (Å²) in [5, 5.41) is 0. The van der Waals surface area contributed by atoms with Gasteiger partial charge >= 0.3 is 0 Å². The Labute approximate surface area is 66.6 Å². The molecule has 2 saturated heterocycles. The van der Waals surface area contributed by atoms with Crippen molar-refractivity contribution in [3.05, 3.63) is 0 Å². The van der Waals surface area contributed by atoms with Crippen molar-refractivity contribution in [3.63, 3.8) is 0 Å². The number of ether oxygens (including phenoxy) is 3. The molecule has 11 heavy (non-hydrogen) atoms. The first-order chi connectivity index (χ1) is 5.27. The molecular formula is C8H14O3. The molecule has 0 aromatic carbocycles. The smallest absolute Gasteiger partial charge is 0.107 e. The van der Waals surface area contributed by atoms with Crippen molar-refractivity contribution in [2.45, 2.75) is 38.3 Å². The molecule has 0 aliphatic carbocycles. The van der Waals surface area contributed by atoms with Crippen molar-refractivity contribution in [1.82, 2.24) is 0 Å². The van der Waals surface area contributed by atoms with Gasteiger partial charge in [-0.3, -0.25) is 0 Å². The molecule has 0 amide bonds. The van der Waals surface area contributed by atoms with E-state index in [0.29, 0.717) is 12.2 Å². The summed E-state index contributed by atoms with van der Waals surface area (Å²) in [5.74, 6) is 0. The van der Waals surface area contributed by atoms with Gasteiger partial charge in [0.15, 0.2) is 0 Å². The summed E-state index contributed by atoms with van der Waals surface area (Å²) in [7, 11) is 0. The van der Waals surface area contributed by atoms with Gasteiger partial charge in [0.2, 0.25) is 0 Å². The highest BCUT2D eigenvalue weighted by Gasteiger charge is 2.36. The standard InChI is InChI=1S/C8H14O3/c1-5(7-3-9-7)11-6(2)8-4-10-8/h5-8H,3-4H2,1-2H3/t5?,6?,7-,8-/m1/s1. The minimum atomic E-state index is 0.231. The zero-order valence-electron chi connectivity index (χ0n) is 6.95. The third-order valence-corrected chi connectivity index (χ3v) is 2.19. The average Bonchev–Trinajstić information content (AvgIpc) is 2.84. The van der Waals surface area contributed by atoms with Gasteiger partial charge in [0.05, 0.1) is 25.4 Å². The van der Waals surface area contributed by atoms with Gasteiger partial charge in [0, 0.05) is 0 Å². The monoisotopic (exact) mass is 158 g/mol. The van der Waals surface area contributed by atoms with Crippen LogP contribution in [0.25, 0.3) is 0 Å². The number of epoxide rings is 2. The molecule has 0 bridgehead atoms. The lowest BCUT2D eigenvalue weighted by Crippen LogP contribution is -2.25. The van der Waals surface area contributed by atoms with E-state index in [4.69, 9.17) is 14.2 Å². The lowest BCUT2D eigenvalue weighted by molar-refractivity contribution is -0.0186. The van der Waals surface area contributed by atoms with Crippen LogP contribution in [0.15, 0.2) is 0 Å². The SMILES string of the molecule is CC(OC(C)[C@H]1CO1)[C@H]1CO1. The molecule has 0 spiro atoms. The highest BCUT2D eigenvalue weighted by molar-refractivity contribution is 4.81. The maximum Gasteiger partial charge on any atom is 0.107 e. The van der Waals surface area contributed by atoms with Crippen LogP contribution in [0.5, 0.6) is 0 Å². The molecule has 4 atom stereocenters. The van der Waals surface area contributed by atoms with Gasteiger partial charge in [0.1, 0.15) is 12.2 Å². The van der Waals surface area contributed by atoms with Gasteiger partial charge < -0.3 is 14.2 Å². The number of hydrogen-bond donors (Lipinski definition) is 0. The van der Waals surface area contributed by atoms with Crippen LogP contribution in [0.3, 0.4) is 0 Å². The Morgan fingerprint density at radius 3 is 1.73 bits per heavy atom. The summed E-state index contributed by atoms with van der Waals surface area (Å²) in [6.45, 7) is 5.83. The van der Waals surface area contributed by atoms with Crippen molar-refractivity contribution in [3.8, 4) is 0 Å². The van der Waals surface area contributed by atoms with Gasteiger partial charge in [-0.15, -0.1) is 0 Å². The van der Waals surface area contributed by atoms with Crippen molar-refractivity contribution in [2.24, 2.45) is 0 Å². The highest BCUT2D eigenvalue weighted by Crippen LogP contribution is 2.22. The predicted molar refractivity (Wildman–Crippen MR) is 39.5 cm³/mol. The molecule has 2 heterocycles. The van der Waals surface area contributed by atoms with Crippen LogP contribution < -0.4 is 0 Å². The lowest BCUT2D eigenvalue weighted by Gasteiger charge is -2.15. The molecule has 2 unspecified atom stereocenters. The van der Waals surface area contributed by atoms with E-state index in [1.54, 1.807) is 0 Å². The molecule has 0 aromatic heterocycles. The first kappa shape index (κ1) is 7.53. The van der Waals surface area contributed by atoms with Crippen molar-refractivity contribution in [2.75, 3.05) is 13.2 Å². The van der Waals surface area contributed by atoms with Crippen LogP contribution in [0.1, 0.15) is 13.8 Å². The van der Waals surface area contributed by atoms with Gasteiger partial charge in [0.25, 0.3) is 0 Å². The third kappa shape index (κ3) is 1.92. The Bertz CT molecular complexity index is 124. The van der Waals surface area contributed by atoms with Crippen molar-refractivity contribution < 1.29 is 14.2 Å². The van der Waals surface area contributed by atoms with Gasteiger partial charge in [-0.1, -0.05) is 0 Å².